The molecule has 0 atom stereocenters. The molecule has 0 saturated heterocycles. The maximum absolute atomic E-state index is 11.7. The van der Waals surface area contributed by atoms with Crippen molar-refractivity contribution in [3.63, 3.8) is 0 Å². The van der Waals surface area contributed by atoms with Crippen LogP contribution in [0.25, 0.3) is 0 Å². The molecular weight excluding hydrogens is 517 g/mol. The average molecular weight is 545 g/mol. The zero-order valence-corrected chi connectivity index (χ0v) is 20.2. The van der Waals surface area contributed by atoms with Gasteiger partial charge < -0.3 is 16.0 Å². The van der Waals surface area contributed by atoms with Crippen LogP contribution in [0.2, 0.25) is 0 Å². The third kappa shape index (κ3) is 8.28. The van der Waals surface area contributed by atoms with Crippen LogP contribution in [0.4, 0.5) is 0 Å². The van der Waals surface area contributed by atoms with Gasteiger partial charge in [0.15, 0.2) is 5.96 Å². The van der Waals surface area contributed by atoms with Crippen LogP contribution in [-0.4, -0.2) is 40.4 Å². The topological polar surface area (TPSA) is 126 Å². The molecule has 164 valence electrons. The number of benzene rings is 2. The van der Waals surface area contributed by atoms with E-state index in [9.17, 15) is 13.2 Å². The maximum atomic E-state index is 11.7. The van der Waals surface area contributed by atoms with E-state index in [1.54, 1.807) is 25.2 Å². The fraction of sp³-hybridized carbons (Fsp3) is 0.300. The number of primary sulfonamides is 1. The molecule has 2 aromatic carbocycles. The van der Waals surface area contributed by atoms with E-state index in [4.69, 9.17) is 5.14 Å². The van der Waals surface area contributed by atoms with E-state index in [1.165, 1.54) is 12.1 Å². The van der Waals surface area contributed by atoms with Gasteiger partial charge in [-0.25, -0.2) is 18.5 Å². The molecule has 10 heteroatoms. The monoisotopic (exact) mass is 545 g/mol. The van der Waals surface area contributed by atoms with Gasteiger partial charge >= 0.3 is 0 Å². The Hall–Kier alpha value is -2.18. The Balaban J connectivity index is 0.00000450. The molecule has 0 aliphatic carbocycles. The number of nitrogens with one attached hydrogen (secondary N) is 3. The molecule has 2 rings (SSSR count). The Morgan fingerprint density at radius 3 is 2.43 bits per heavy atom. The number of carbonyl (C=O) groups is 1. The summed E-state index contributed by atoms with van der Waals surface area (Å²) in [4.78, 5) is 16.3. The highest BCUT2D eigenvalue weighted by atomic mass is 127. The van der Waals surface area contributed by atoms with Gasteiger partial charge in [0.2, 0.25) is 10.0 Å². The number of guanidine groups is 1. The molecule has 0 aliphatic heterocycles. The SMILES string of the molecule is CCNC(=NCc1cccc(S(N)(=O)=O)c1)NCCc1cccc(C(=O)NC)c1.I. The first-order valence-electron chi connectivity index (χ1n) is 9.28. The molecule has 5 N–H and O–H groups in total. The number of halogens is 1. The fourth-order valence-electron chi connectivity index (χ4n) is 2.67. The van der Waals surface area contributed by atoms with Gasteiger partial charge in [0.05, 0.1) is 11.4 Å². The second kappa shape index (κ2) is 12.5. The zero-order chi connectivity index (χ0) is 21.3. The second-order valence-electron chi connectivity index (χ2n) is 6.34. The predicted octanol–water partition coefficient (Wildman–Crippen LogP) is 1.61. The molecule has 0 fully saturated rings. The molecule has 0 radical (unpaired) electrons. The number of hydrogen-bond acceptors (Lipinski definition) is 4. The average Bonchev–Trinajstić information content (AvgIpc) is 2.71. The Labute approximate surface area is 194 Å². The fourth-order valence-corrected chi connectivity index (χ4v) is 3.25. The number of nitrogens with two attached hydrogens (primary N) is 1. The normalized spacial score (nSPS) is 11.4. The quantitative estimate of drug-likeness (QED) is 0.228. The van der Waals surface area contributed by atoms with Crippen LogP contribution in [0.5, 0.6) is 0 Å². The first-order valence-corrected chi connectivity index (χ1v) is 10.8. The summed E-state index contributed by atoms with van der Waals surface area (Å²) in [7, 11) is -2.13. The minimum Gasteiger partial charge on any atom is -0.357 e. The summed E-state index contributed by atoms with van der Waals surface area (Å²) in [5, 5.41) is 14.2. The molecule has 8 nitrogen and oxygen atoms in total. The third-order valence-electron chi connectivity index (χ3n) is 4.11. The first-order chi connectivity index (χ1) is 13.8. The van der Waals surface area contributed by atoms with Crippen molar-refractivity contribution in [2.24, 2.45) is 10.1 Å². The van der Waals surface area contributed by atoms with Crippen LogP contribution >= 0.6 is 24.0 Å². The summed E-state index contributed by atoms with van der Waals surface area (Å²) in [5.74, 6) is 0.507. The summed E-state index contributed by atoms with van der Waals surface area (Å²) in [6, 6.07) is 13.9. The molecule has 0 aliphatic rings. The van der Waals surface area contributed by atoms with Gasteiger partial charge in [0.1, 0.15) is 0 Å². The largest absolute Gasteiger partial charge is 0.357 e. The smallest absolute Gasteiger partial charge is 0.251 e. The number of carbonyl (C=O) groups excluding carboxylic acids is 1. The first kappa shape index (κ1) is 25.9. The summed E-state index contributed by atoms with van der Waals surface area (Å²) >= 11 is 0. The third-order valence-corrected chi connectivity index (χ3v) is 5.02. The minimum atomic E-state index is -3.74. The van der Waals surface area contributed by atoms with Gasteiger partial charge in [-0.3, -0.25) is 4.79 Å². The number of sulfonamides is 1. The molecule has 0 aromatic heterocycles. The molecule has 1 amide bonds. The molecular formula is C20H28IN5O3S. The summed E-state index contributed by atoms with van der Waals surface area (Å²) in [6.45, 7) is 3.59. The second-order valence-corrected chi connectivity index (χ2v) is 7.91. The lowest BCUT2D eigenvalue weighted by molar-refractivity contribution is 0.0963. The van der Waals surface area contributed by atoms with Gasteiger partial charge in [-0.05, 0) is 48.7 Å². The highest BCUT2D eigenvalue weighted by Gasteiger charge is 2.08. The number of amides is 1. The van der Waals surface area contributed by atoms with Crippen LogP contribution in [0.15, 0.2) is 58.4 Å². The van der Waals surface area contributed by atoms with Crippen LogP contribution in [0.1, 0.15) is 28.4 Å². The minimum absolute atomic E-state index is 0. The molecule has 2 aromatic rings. The van der Waals surface area contributed by atoms with E-state index < -0.39 is 10.0 Å². The standard InChI is InChI=1S/C20H27N5O3S.HI/c1-3-23-20(25-14-16-7-5-9-18(13-16)29(21,27)28)24-11-10-15-6-4-8-17(12-15)19(26)22-2;/h4-9,12-13H,3,10-11,14H2,1-2H3,(H,22,26)(H2,21,27,28)(H2,23,24,25);1H. The van der Waals surface area contributed by atoms with E-state index >= 15 is 0 Å². The van der Waals surface area contributed by atoms with Gasteiger partial charge in [-0.2, -0.15) is 0 Å². The van der Waals surface area contributed by atoms with Crippen molar-refractivity contribution in [2.75, 3.05) is 20.1 Å². The number of nitrogens with zero attached hydrogens (tertiary/aromatic N) is 1. The van der Waals surface area contributed by atoms with E-state index in [-0.39, 0.29) is 34.8 Å². The predicted molar refractivity (Wildman–Crippen MR) is 130 cm³/mol. The van der Waals surface area contributed by atoms with Crippen molar-refractivity contribution in [2.45, 2.75) is 24.8 Å². The van der Waals surface area contributed by atoms with Crippen molar-refractivity contribution in [3.8, 4) is 0 Å². The van der Waals surface area contributed by atoms with Gasteiger partial charge in [-0.15, -0.1) is 24.0 Å². The van der Waals surface area contributed by atoms with Crippen molar-refractivity contribution in [1.29, 1.82) is 0 Å². The number of rotatable bonds is 8. The Bertz CT molecular complexity index is 980. The van der Waals surface area contributed by atoms with E-state index in [0.29, 0.717) is 31.2 Å². The summed E-state index contributed by atoms with van der Waals surface area (Å²) < 4.78 is 23.0. The maximum Gasteiger partial charge on any atom is 0.251 e. The number of hydrogen-bond donors (Lipinski definition) is 4. The van der Waals surface area contributed by atoms with Crippen molar-refractivity contribution in [3.05, 3.63) is 65.2 Å². The summed E-state index contributed by atoms with van der Waals surface area (Å²) in [6.07, 6.45) is 0.718. The highest BCUT2D eigenvalue weighted by molar-refractivity contribution is 14.0. The van der Waals surface area contributed by atoms with Crippen LogP contribution in [-0.2, 0) is 23.0 Å². The van der Waals surface area contributed by atoms with E-state index in [0.717, 1.165) is 17.5 Å². The lowest BCUT2D eigenvalue weighted by Crippen LogP contribution is -2.38. The van der Waals surface area contributed by atoms with Gasteiger partial charge in [-0.1, -0.05) is 24.3 Å². The molecule has 0 saturated carbocycles. The Kier molecular flexibility index (Phi) is 10.8. The Morgan fingerprint density at radius 2 is 1.77 bits per heavy atom. The van der Waals surface area contributed by atoms with Crippen molar-refractivity contribution < 1.29 is 13.2 Å². The highest BCUT2D eigenvalue weighted by Crippen LogP contribution is 2.10. The van der Waals surface area contributed by atoms with E-state index in [1.807, 2.05) is 25.1 Å². The zero-order valence-electron chi connectivity index (χ0n) is 17.0. The molecule has 0 bridgehead atoms. The van der Waals surface area contributed by atoms with Crippen LogP contribution in [0.3, 0.4) is 0 Å². The van der Waals surface area contributed by atoms with Crippen molar-refractivity contribution >= 4 is 45.9 Å². The molecule has 0 unspecified atom stereocenters. The molecule has 0 heterocycles. The van der Waals surface area contributed by atoms with E-state index in [2.05, 4.69) is 20.9 Å². The lowest BCUT2D eigenvalue weighted by Gasteiger charge is -2.12. The molecule has 30 heavy (non-hydrogen) atoms. The number of aliphatic imine (C=N–C) groups is 1. The molecule has 0 spiro atoms. The van der Waals surface area contributed by atoms with Crippen LogP contribution < -0.4 is 21.1 Å². The Morgan fingerprint density at radius 1 is 1.07 bits per heavy atom. The van der Waals surface area contributed by atoms with Crippen molar-refractivity contribution in [1.82, 2.24) is 16.0 Å². The lowest BCUT2D eigenvalue weighted by atomic mass is 10.1. The van der Waals surface area contributed by atoms with Gasteiger partial charge in [0.25, 0.3) is 5.91 Å². The summed E-state index contributed by atoms with van der Waals surface area (Å²) in [5.41, 5.74) is 2.41. The van der Waals surface area contributed by atoms with Crippen LogP contribution in [0, 0.1) is 0 Å². The van der Waals surface area contributed by atoms with Gasteiger partial charge in [0, 0.05) is 25.7 Å².